The number of hydrazone groups is 2. The van der Waals surface area contributed by atoms with Gasteiger partial charge in [0.25, 0.3) is 23.1 Å². The predicted octanol–water partition coefficient (Wildman–Crippen LogP) is 6.03. The number of aryl methyl sites for hydroxylation is 2. The summed E-state index contributed by atoms with van der Waals surface area (Å²) in [6, 6.07) is 34.9. The topological polar surface area (TPSA) is 99.5 Å². The number of carbonyl (C=O) groups excluding carboxylic acids is 2. The number of benzene rings is 3. The zero-order valence-corrected chi connectivity index (χ0v) is 28.7. The van der Waals surface area contributed by atoms with E-state index in [9.17, 15) is 9.59 Å². The standard InChI is InChI=1S/C42H34N8O2/c1-47-37(29-49-27-5-3-11-39(47)49)33-17-13-31(14-18-33)9-7-25-43-45-41(51)35-21-23-36(24-22-35)42(52)46-44-26-8-10-32-15-19-34(20-16-32)38-30-50-28-6-4-12-40(50)48(38)2/h3-30H,1-2H3/p+2/b9-7+,10-8+,43-25+,44-26+. The first-order valence-corrected chi connectivity index (χ1v) is 16.7. The van der Waals surface area contributed by atoms with Crippen LogP contribution < -0.4 is 20.0 Å². The van der Waals surface area contributed by atoms with Gasteiger partial charge in [0, 0.05) is 46.8 Å². The lowest BCUT2D eigenvalue weighted by atomic mass is 10.1. The number of hydrogen-bond donors (Lipinski definition) is 2. The summed E-state index contributed by atoms with van der Waals surface area (Å²) in [5.41, 5.74) is 14.5. The second kappa shape index (κ2) is 15.1. The number of nitrogens with one attached hydrogen (secondary N) is 2. The minimum atomic E-state index is -0.388. The first-order chi connectivity index (χ1) is 25.4. The quantitative estimate of drug-likeness (QED) is 0.105. The van der Waals surface area contributed by atoms with Crippen LogP contribution in [-0.2, 0) is 14.1 Å². The molecule has 4 aromatic heterocycles. The molecule has 2 N–H and O–H groups in total. The van der Waals surface area contributed by atoms with Gasteiger partial charge in [0.2, 0.25) is 0 Å². The van der Waals surface area contributed by atoms with Crippen molar-refractivity contribution in [3.63, 3.8) is 0 Å². The van der Waals surface area contributed by atoms with Crippen molar-refractivity contribution in [1.82, 2.24) is 19.7 Å². The minimum absolute atomic E-state index is 0.372. The highest BCUT2D eigenvalue weighted by Gasteiger charge is 2.16. The van der Waals surface area contributed by atoms with Gasteiger partial charge in [0.1, 0.15) is 12.4 Å². The fraction of sp³-hybridized carbons (Fsp3) is 0.0476. The molecule has 2 amide bonds. The molecule has 0 saturated heterocycles. The molecule has 0 aliphatic heterocycles. The second-order valence-corrected chi connectivity index (χ2v) is 12.1. The third kappa shape index (κ3) is 7.36. The van der Waals surface area contributed by atoms with E-state index in [0.29, 0.717) is 11.1 Å². The highest BCUT2D eigenvalue weighted by molar-refractivity contribution is 5.98. The lowest BCUT2D eigenvalue weighted by Gasteiger charge is -2.02. The number of hydrogen-bond acceptors (Lipinski definition) is 4. The number of amides is 2. The summed E-state index contributed by atoms with van der Waals surface area (Å²) in [5, 5.41) is 8.01. The van der Waals surface area contributed by atoms with Crippen LogP contribution in [0.3, 0.4) is 0 Å². The van der Waals surface area contributed by atoms with Crippen molar-refractivity contribution in [2.45, 2.75) is 0 Å². The third-order valence-electron chi connectivity index (χ3n) is 8.72. The van der Waals surface area contributed by atoms with Gasteiger partial charge in [-0.3, -0.25) is 9.59 Å². The van der Waals surface area contributed by atoms with Gasteiger partial charge in [-0.25, -0.2) is 28.8 Å². The lowest BCUT2D eigenvalue weighted by molar-refractivity contribution is -0.633. The highest BCUT2D eigenvalue weighted by atomic mass is 16.2. The number of pyridine rings is 2. The van der Waals surface area contributed by atoms with E-state index < -0.39 is 0 Å². The molecule has 0 saturated carbocycles. The van der Waals surface area contributed by atoms with Gasteiger partial charge < -0.3 is 0 Å². The Balaban J connectivity index is 0.856. The first-order valence-electron chi connectivity index (χ1n) is 16.7. The van der Waals surface area contributed by atoms with Gasteiger partial charge in [0.05, 0.1) is 26.5 Å². The minimum Gasteiger partial charge on any atom is -0.267 e. The largest absolute Gasteiger partial charge is 0.286 e. The molecule has 0 aliphatic carbocycles. The molecule has 10 nitrogen and oxygen atoms in total. The molecule has 4 heterocycles. The maximum Gasteiger partial charge on any atom is 0.286 e. The molecule has 7 rings (SSSR count). The number of aromatic nitrogens is 4. The number of fused-ring (bicyclic) bond motifs is 2. The average Bonchev–Trinajstić information content (AvgIpc) is 3.71. The monoisotopic (exact) mass is 684 g/mol. The van der Waals surface area contributed by atoms with Gasteiger partial charge >= 0.3 is 0 Å². The van der Waals surface area contributed by atoms with Crippen LogP contribution in [0.15, 0.2) is 156 Å². The number of nitrogens with zero attached hydrogens (tertiary/aromatic N) is 6. The second-order valence-electron chi connectivity index (χ2n) is 12.1. The van der Waals surface area contributed by atoms with Gasteiger partial charge in [-0.15, -0.1) is 0 Å². The maximum absolute atomic E-state index is 12.5. The molecule has 52 heavy (non-hydrogen) atoms. The first kappa shape index (κ1) is 33.3. The third-order valence-corrected chi connectivity index (χ3v) is 8.72. The summed E-state index contributed by atoms with van der Waals surface area (Å²) in [6.07, 6.45) is 18.7. The Morgan fingerprint density at radius 2 is 0.962 bits per heavy atom. The van der Waals surface area contributed by atoms with Gasteiger partial charge in [-0.05, 0) is 83.9 Å². The molecule has 0 unspecified atom stereocenters. The SMILES string of the molecule is C[n+]1c(-c2ccc(/C=C/C=N/NC(=O)c3ccc(C(=O)N/N=C/C=C/c4ccc(-c5cn6ccccc6[n+]5C)cc4)cc3)cc2)cn2ccccc21. The van der Waals surface area contributed by atoms with E-state index in [4.69, 9.17) is 0 Å². The van der Waals surface area contributed by atoms with Gasteiger partial charge in [-0.2, -0.15) is 10.2 Å². The highest BCUT2D eigenvalue weighted by Crippen LogP contribution is 2.20. The molecule has 0 radical (unpaired) electrons. The lowest BCUT2D eigenvalue weighted by Crippen LogP contribution is -2.29. The molecule has 3 aromatic carbocycles. The molecule has 10 heteroatoms. The Labute approximate surface area is 300 Å². The van der Waals surface area contributed by atoms with Crippen LogP contribution in [0.1, 0.15) is 31.8 Å². The van der Waals surface area contributed by atoms with Crippen molar-refractivity contribution >= 4 is 47.7 Å². The molecule has 0 atom stereocenters. The zero-order valence-electron chi connectivity index (χ0n) is 28.7. The van der Waals surface area contributed by atoms with Crippen LogP contribution in [0.5, 0.6) is 0 Å². The van der Waals surface area contributed by atoms with Crippen LogP contribution in [0.4, 0.5) is 0 Å². The summed E-state index contributed by atoms with van der Waals surface area (Å²) < 4.78 is 8.52. The zero-order chi connectivity index (χ0) is 35.9. The molecular formula is C42H36N8O2+2. The Bertz CT molecular complexity index is 2330. The van der Waals surface area contributed by atoms with Crippen LogP contribution in [-0.4, -0.2) is 33.0 Å². The Morgan fingerprint density at radius 3 is 1.35 bits per heavy atom. The Kier molecular flexibility index (Phi) is 9.70. The van der Waals surface area contributed by atoms with E-state index in [1.165, 1.54) is 12.4 Å². The Morgan fingerprint density at radius 1 is 0.558 bits per heavy atom. The van der Waals surface area contributed by atoms with Gasteiger partial charge in [-0.1, -0.05) is 48.6 Å². The van der Waals surface area contributed by atoms with E-state index in [2.05, 4.69) is 102 Å². The number of carbonyl (C=O) groups is 2. The van der Waals surface area contributed by atoms with E-state index in [1.807, 2.05) is 73.1 Å². The fourth-order valence-electron chi connectivity index (χ4n) is 5.92. The summed E-state index contributed by atoms with van der Waals surface area (Å²) in [5.74, 6) is -0.776. The summed E-state index contributed by atoms with van der Waals surface area (Å²) in [7, 11) is 4.11. The smallest absolute Gasteiger partial charge is 0.267 e. The summed E-state index contributed by atoms with van der Waals surface area (Å²) >= 11 is 0. The van der Waals surface area contributed by atoms with Crippen molar-refractivity contribution in [2.24, 2.45) is 24.3 Å². The van der Waals surface area contributed by atoms with Crippen molar-refractivity contribution < 1.29 is 18.7 Å². The molecule has 0 aliphatic rings. The van der Waals surface area contributed by atoms with E-state index in [1.54, 1.807) is 36.4 Å². The van der Waals surface area contributed by atoms with Crippen LogP contribution in [0.25, 0.3) is 46.0 Å². The molecule has 0 bridgehead atoms. The average molecular weight is 685 g/mol. The van der Waals surface area contributed by atoms with Crippen LogP contribution in [0.2, 0.25) is 0 Å². The predicted molar refractivity (Wildman–Crippen MR) is 204 cm³/mol. The molecular weight excluding hydrogens is 649 g/mol. The Hall–Kier alpha value is -7.20. The molecule has 0 spiro atoms. The van der Waals surface area contributed by atoms with Crippen LogP contribution in [0, 0.1) is 0 Å². The van der Waals surface area contributed by atoms with Crippen molar-refractivity contribution in [2.75, 3.05) is 0 Å². The molecule has 7 aromatic rings. The van der Waals surface area contributed by atoms with E-state index >= 15 is 0 Å². The number of allylic oxidation sites excluding steroid dienone is 2. The normalized spacial score (nSPS) is 11.9. The fourth-order valence-corrected chi connectivity index (χ4v) is 5.92. The summed E-state index contributed by atoms with van der Waals surface area (Å²) in [6.45, 7) is 0. The van der Waals surface area contributed by atoms with Crippen molar-refractivity contribution in [1.29, 1.82) is 0 Å². The summed E-state index contributed by atoms with van der Waals surface area (Å²) in [4.78, 5) is 25.1. The molecule has 254 valence electrons. The van der Waals surface area contributed by atoms with Crippen LogP contribution >= 0.6 is 0 Å². The number of imidazole rings is 2. The van der Waals surface area contributed by atoms with Crippen molar-refractivity contribution in [3.05, 3.63) is 168 Å². The number of rotatable bonds is 10. The maximum atomic E-state index is 12.5. The molecule has 0 fully saturated rings. The van der Waals surface area contributed by atoms with E-state index in [-0.39, 0.29) is 11.8 Å². The van der Waals surface area contributed by atoms with Gasteiger partial charge in [0.15, 0.2) is 11.4 Å². The van der Waals surface area contributed by atoms with E-state index in [0.717, 1.165) is 44.9 Å². The van der Waals surface area contributed by atoms with Crippen molar-refractivity contribution in [3.8, 4) is 22.5 Å².